The lowest BCUT2D eigenvalue weighted by atomic mass is 9.94. The summed E-state index contributed by atoms with van der Waals surface area (Å²) < 4.78 is 13.0. The second-order valence-electron chi connectivity index (χ2n) is 15.3. The Morgan fingerprint density at radius 3 is 1.00 bits per heavy atom. The number of rotatable bonds is 7. The zero-order chi connectivity index (χ0) is 41.0. The van der Waals surface area contributed by atoms with Gasteiger partial charge in [0, 0.05) is 33.0 Å². The van der Waals surface area contributed by atoms with E-state index >= 15 is 0 Å². The van der Waals surface area contributed by atoms with Gasteiger partial charge in [0.25, 0.3) is 0 Å². The Morgan fingerprint density at radius 1 is 0.258 bits per heavy atom. The van der Waals surface area contributed by atoms with Gasteiger partial charge >= 0.3 is 0 Å². The molecule has 0 unspecified atom stereocenters. The third-order valence-electron chi connectivity index (χ3n) is 11.6. The van der Waals surface area contributed by atoms with Gasteiger partial charge in [-0.3, -0.25) is 0 Å². The molecular formula is C56H34N4O2. The highest BCUT2D eigenvalue weighted by atomic mass is 16.3. The molecule has 0 amide bonds. The van der Waals surface area contributed by atoms with Gasteiger partial charge in [-0.2, -0.15) is 9.97 Å². The second-order valence-corrected chi connectivity index (χ2v) is 15.3. The molecule has 6 nitrogen and oxygen atoms in total. The number of para-hydroxylation sites is 2. The van der Waals surface area contributed by atoms with Gasteiger partial charge in [-0.1, -0.05) is 194 Å². The SMILES string of the molecule is c1ccc(-c2ccc(-c3nc(-c4ccccc4-c4ccccc4-c4nc(-c5ccc(-c6ccccc6)cc5)c5c(n4)oc4ccccc45)nc4oc5ccccc5c34)cc2)cc1. The summed E-state index contributed by atoms with van der Waals surface area (Å²) in [6.07, 6.45) is 0. The summed E-state index contributed by atoms with van der Waals surface area (Å²) in [6, 6.07) is 70.5. The first-order valence-electron chi connectivity index (χ1n) is 20.6. The Bertz CT molecular complexity index is 3370. The van der Waals surface area contributed by atoms with Gasteiger partial charge in [0.1, 0.15) is 11.2 Å². The summed E-state index contributed by atoms with van der Waals surface area (Å²) >= 11 is 0. The van der Waals surface area contributed by atoms with Crippen LogP contribution in [0.5, 0.6) is 0 Å². The van der Waals surface area contributed by atoms with Crippen molar-refractivity contribution >= 4 is 44.1 Å². The number of furan rings is 2. The molecular weight excluding hydrogens is 761 g/mol. The predicted molar refractivity (Wildman–Crippen MR) is 250 cm³/mol. The zero-order valence-corrected chi connectivity index (χ0v) is 33.2. The first-order chi connectivity index (χ1) is 30.7. The van der Waals surface area contributed by atoms with Crippen LogP contribution < -0.4 is 0 Å². The molecule has 0 saturated carbocycles. The summed E-state index contributed by atoms with van der Waals surface area (Å²) in [5, 5.41) is 3.70. The van der Waals surface area contributed by atoms with Crippen LogP contribution in [0.15, 0.2) is 215 Å². The fourth-order valence-electron chi connectivity index (χ4n) is 8.63. The van der Waals surface area contributed by atoms with Crippen molar-refractivity contribution in [2.24, 2.45) is 0 Å². The minimum absolute atomic E-state index is 0.531. The third kappa shape index (κ3) is 6.04. The Hall–Kier alpha value is -8.48. The molecule has 0 aliphatic carbocycles. The number of aromatic nitrogens is 4. The molecule has 0 aliphatic heterocycles. The Morgan fingerprint density at radius 2 is 0.581 bits per heavy atom. The lowest BCUT2D eigenvalue weighted by Crippen LogP contribution is -1.98. The van der Waals surface area contributed by atoms with Crippen LogP contribution in [0.25, 0.3) is 123 Å². The molecule has 4 aromatic heterocycles. The third-order valence-corrected chi connectivity index (χ3v) is 11.6. The van der Waals surface area contributed by atoms with Crippen LogP contribution in [-0.2, 0) is 0 Å². The summed E-state index contributed by atoms with van der Waals surface area (Å²) in [7, 11) is 0. The van der Waals surface area contributed by atoms with E-state index in [-0.39, 0.29) is 0 Å². The van der Waals surface area contributed by atoms with Crippen molar-refractivity contribution in [2.45, 2.75) is 0 Å². The van der Waals surface area contributed by atoms with Gasteiger partial charge in [-0.05, 0) is 45.5 Å². The summed E-state index contributed by atoms with van der Waals surface area (Å²) in [4.78, 5) is 21.1. The van der Waals surface area contributed by atoms with E-state index in [0.29, 0.717) is 23.1 Å². The van der Waals surface area contributed by atoms with E-state index < -0.39 is 0 Å². The Kier molecular flexibility index (Phi) is 8.38. The van der Waals surface area contributed by atoms with Crippen molar-refractivity contribution in [3.05, 3.63) is 206 Å². The molecule has 4 heterocycles. The first-order valence-corrected chi connectivity index (χ1v) is 20.6. The van der Waals surface area contributed by atoms with Crippen LogP contribution in [0.3, 0.4) is 0 Å². The molecule has 0 aliphatic rings. The lowest BCUT2D eigenvalue weighted by Gasteiger charge is -2.15. The summed E-state index contributed by atoms with van der Waals surface area (Å²) in [5.74, 6) is 1.11. The fraction of sp³-hybridized carbons (Fsp3) is 0. The van der Waals surface area contributed by atoms with E-state index in [1.807, 2.05) is 72.8 Å². The van der Waals surface area contributed by atoms with E-state index in [1.165, 1.54) is 0 Å². The van der Waals surface area contributed by atoms with Crippen molar-refractivity contribution < 1.29 is 8.83 Å². The van der Waals surface area contributed by atoms with Crippen LogP contribution in [0.1, 0.15) is 0 Å². The van der Waals surface area contributed by atoms with Gasteiger partial charge < -0.3 is 8.83 Å². The number of hydrogen-bond acceptors (Lipinski definition) is 6. The molecule has 0 radical (unpaired) electrons. The Labute approximate surface area is 356 Å². The van der Waals surface area contributed by atoms with E-state index in [0.717, 1.165) is 99.7 Å². The Balaban J connectivity index is 1.03. The smallest absolute Gasteiger partial charge is 0.231 e. The molecule has 62 heavy (non-hydrogen) atoms. The molecule has 6 heteroatoms. The summed E-state index contributed by atoms with van der Waals surface area (Å²) in [6.45, 7) is 0. The van der Waals surface area contributed by atoms with E-state index in [9.17, 15) is 0 Å². The van der Waals surface area contributed by atoms with E-state index in [2.05, 4.69) is 133 Å². The fourth-order valence-corrected chi connectivity index (χ4v) is 8.63. The average Bonchev–Trinajstić information content (AvgIpc) is 3.93. The number of nitrogens with zero attached hydrogens (tertiary/aromatic N) is 4. The molecule has 12 aromatic rings. The first kappa shape index (κ1) is 35.5. The molecule has 0 spiro atoms. The van der Waals surface area contributed by atoms with Crippen molar-refractivity contribution in [1.82, 2.24) is 19.9 Å². The average molecular weight is 795 g/mol. The number of benzene rings is 8. The topological polar surface area (TPSA) is 77.8 Å². The maximum absolute atomic E-state index is 6.48. The molecule has 290 valence electrons. The van der Waals surface area contributed by atoms with E-state index in [4.69, 9.17) is 28.8 Å². The van der Waals surface area contributed by atoms with Gasteiger partial charge in [0.15, 0.2) is 11.6 Å². The van der Waals surface area contributed by atoms with Crippen LogP contribution in [-0.4, -0.2) is 19.9 Å². The molecule has 12 rings (SSSR count). The van der Waals surface area contributed by atoms with Crippen molar-refractivity contribution in [2.75, 3.05) is 0 Å². The molecule has 0 fully saturated rings. The van der Waals surface area contributed by atoms with Gasteiger partial charge in [-0.15, -0.1) is 0 Å². The van der Waals surface area contributed by atoms with Crippen molar-refractivity contribution in [3.8, 4) is 78.7 Å². The highest BCUT2D eigenvalue weighted by Gasteiger charge is 2.23. The van der Waals surface area contributed by atoms with Gasteiger partial charge in [-0.25, -0.2) is 9.97 Å². The standard InChI is InChI=1S/C56H34N4O2/c1-3-15-35(16-4-1)37-27-31-39(32-28-37)51-49-45-23-11-13-25-47(45)61-55(49)59-53(57-51)43-21-9-7-19-41(43)42-20-8-10-22-44(42)54-58-52(50-46-24-12-14-26-48(46)62-56(50)60-54)40-33-29-38(30-34-40)36-17-5-2-6-18-36/h1-34H. The van der Waals surface area contributed by atoms with Crippen LogP contribution >= 0.6 is 0 Å². The van der Waals surface area contributed by atoms with E-state index in [1.54, 1.807) is 0 Å². The second kappa shape index (κ2) is 14.7. The normalized spacial score (nSPS) is 11.5. The molecule has 0 N–H and O–H groups in total. The van der Waals surface area contributed by atoms with Crippen molar-refractivity contribution in [3.63, 3.8) is 0 Å². The number of fused-ring (bicyclic) bond motifs is 6. The predicted octanol–water partition coefficient (Wildman–Crippen LogP) is 14.7. The quantitative estimate of drug-likeness (QED) is 0.160. The molecule has 0 bridgehead atoms. The lowest BCUT2D eigenvalue weighted by molar-refractivity contribution is 0.653. The minimum Gasteiger partial charge on any atom is -0.438 e. The largest absolute Gasteiger partial charge is 0.438 e. The maximum Gasteiger partial charge on any atom is 0.231 e. The highest BCUT2D eigenvalue weighted by Crippen LogP contribution is 2.42. The van der Waals surface area contributed by atoms with Crippen molar-refractivity contribution in [1.29, 1.82) is 0 Å². The molecule has 0 saturated heterocycles. The molecule has 0 atom stereocenters. The highest BCUT2D eigenvalue weighted by molar-refractivity contribution is 6.12. The zero-order valence-electron chi connectivity index (χ0n) is 33.2. The summed E-state index contributed by atoms with van der Waals surface area (Å²) in [5.41, 5.74) is 14.3. The van der Waals surface area contributed by atoms with Crippen LogP contribution in [0, 0.1) is 0 Å². The number of hydrogen-bond donors (Lipinski definition) is 0. The van der Waals surface area contributed by atoms with Crippen LogP contribution in [0.2, 0.25) is 0 Å². The van der Waals surface area contributed by atoms with Gasteiger partial charge in [0.05, 0.1) is 22.2 Å². The molecule has 8 aromatic carbocycles. The monoisotopic (exact) mass is 794 g/mol. The minimum atomic E-state index is 0.531. The van der Waals surface area contributed by atoms with Gasteiger partial charge in [0.2, 0.25) is 11.4 Å². The maximum atomic E-state index is 6.48. The van der Waals surface area contributed by atoms with Crippen LogP contribution in [0.4, 0.5) is 0 Å².